The maximum Gasteiger partial charge on any atom is 0 e. The van der Waals surface area contributed by atoms with Crippen molar-refractivity contribution in [3.05, 3.63) is 0 Å². The molecule has 0 heterocycles. The first-order valence-electron chi connectivity index (χ1n) is 1.12. The average molecular weight is 172 g/mol. The molecule has 2 N–H and O–H groups in total. The quantitative estimate of drug-likeness (QED) is 0.510. The van der Waals surface area contributed by atoms with Crippen molar-refractivity contribution >= 4 is 0 Å². The molecule has 5 heavy (non-hydrogen) atoms. The van der Waals surface area contributed by atoms with Crippen LogP contribution in [0.1, 0.15) is 6.92 Å². The first-order valence-corrected chi connectivity index (χ1v) is 1.12. The average Bonchev–Trinajstić information content (AvgIpc) is 0.918. The number of hydrogen-bond donors (Lipinski definition) is 1. The van der Waals surface area contributed by atoms with E-state index in [1.807, 2.05) is 6.92 Å². The SMILES string of the molecule is CCN.[Cu].[Cu]. The van der Waals surface area contributed by atoms with Crippen LogP contribution >= 0.6 is 0 Å². The third-order valence-electron chi connectivity index (χ3n) is 0. The van der Waals surface area contributed by atoms with E-state index in [0.29, 0.717) is 0 Å². The van der Waals surface area contributed by atoms with Crippen molar-refractivity contribution in [2.24, 2.45) is 5.73 Å². The maximum atomic E-state index is 4.85. The summed E-state index contributed by atoms with van der Waals surface area (Å²) in [7, 11) is 0. The van der Waals surface area contributed by atoms with Crippen molar-refractivity contribution in [3.63, 3.8) is 0 Å². The second kappa shape index (κ2) is 20.0. The molecule has 0 fully saturated rings. The van der Waals surface area contributed by atoms with Crippen LogP contribution in [-0.2, 0) is 34.1 Å². The molecule has 1 nitrogen and oxygen atoms in total. The van der Waals surface area contributed by atoms with Crippen molar-refractivity contribution in [3.8, 4) is 0 Å². The number of rotatable bonds is 0. The second-order valence-corrected chi connectivity index (χ2v) is 0.408. The molecule has 0 aliphatic heterocycles. The Morgan fingerprint density at radius 1 is 1.40 bits per heavy atom. The Balaban J connectivity index is -0.0000000200. The predicted octanol–water partition coefficient (Wildman–Crippen LogP) is -0.0400. The van der Waals surface area contributed by atoms with Crippen LogP contribution in [0.15, 0.2) is 0 Å². The smallest absolute Gasteiger partial charge is 0 e. The summed E-state index contributed by atoms with van der Waals surface area (Å²) in [5.74, 6) is 0. The van der Waals surface area contributed by atoms with E-state index >= 15 is 0 Å². The molecule has 0 aromatic rings. The van der Waals surface area contributed by atoms with Crippen molar-refractivity contribution in [1.82, 2.24) is 0 Å². The summed E-state index contributed by atoms with van der Waals surface area (Å²) in [4.78, 5) is 0. The van der Waals surface area contributed by atoms with E-state index in [9.17, 15) is 0 Å². The molecule has 42 valence electrons. The van der Waals surface area contributed by atoms with E-state index in [-0.39, 0.29) is 34.1 Å². The standard InChI is InChI=1S/C2H7N.2Cu/c1-2-3;;/h2-3H2,1H3;;. The summed E-state index contributed by atoms with van der Waals surface area (Å²) >= 11 is 0. The molecular formula is C2H7Cu2N. The van der Waals surface area contributed by atoms with Crippen LogP contribution in [0.25, 0.3) is 0 Å². The summed E-state index contributed by atoms with van der Waals surface area (Å²) in [6.45, 7) is 2.65. The van der Waals surface area contributed by atoms with Gasteiger partial charge in [0.05, 0.1) is 0 Å². The van der Waals surface area contributed by atoms with Crippen molar-refractivity contribution in [1.29, 1.82) is 0 Å². The summed E-state index contributed by atoms with van der Waals surface area (Å²) in [5, 5.41) is 0. The Kier molecular flexibility index (Phi) is 66.7. The van der Waals surface area contributed by atoms with Crippen molar-refractivity contribution < 1.29 is 34.1 Å². The summed E-state index contributed by atoms with van der Waals surface area (Å²) in [6.07, 6.45) is 0. The Labute approximate surface area is 53.6 Å². The molecule has 0 spiro atoms. The van der Waals surface area contributed by atoms with Gasteiger partial charge in [0.25, 0.3) is 0 Å². The fourth-order valence-corrected chi connectivity index (χ4v) is 0. The van der Waals surface area contributed by atoms with Gasteiger partial charge in [-0.1, -0.05) is 6.92 Å². The first-order chi connectivity index (χ1) is 1.41. The molecule has 0 bridgehead atoms. The minimum absolute atomic E-state index is 0. The van der Waals surface area contributed by atoms with E-state index in [2.05, 4.69) is 0 Å². The van der Waals surface area contributed by atoms with Gasteiger partial charge in [0.1, 0.15) is 0 Å². The Morgan fingerprint density at radius 3 is 1.40 bits per heavy atom. The van der Waals surface area contributed by atoms with Crippen LogP contribution in [0.2, 0.25) is 0 Å². The minimum atomic E-state index is 0. The van der Waals surface area contributed by atoms with E-state index < -0.39 is 0 Å². The predicted molar refractivity (Wildman–Crippen MR) is 14.7 cm³/mol. The van der Waals surface area contributed by atoms with E-state index in [1.54, 1.807) is 0 Å². The van der Waals surface area contributed by atoms with Gasteiger partial charge in [0, 0.05) is 34.1 Å². The van der Waals surface area contributed by atoms with E-state index in [4.69, 9.17) is 5.73 Å². The van der Waals surface area contributed by atoms with Gasteiger partial charge < -0.3 is 5.73 Å². The van der Waals surface area contributed by atoms with Gasteiger partial charge in [0.2, 0.25) is 0 Å². The molecule has 0 saturated carbocycles. The monoisotopic (exact) mass is 171 g/mol. The largest absolute Gasteiger partial charge is 0.331 e. The van der Waals surface area contributed by atoms with Crippen LogP contribution in [0.5, 0.6) is 0 Å². The summed E-state index contributed by atoms with van der Waals surface area (Å²) < 4.78 is 0. The van der Waals surface area contributed by atoms with Crippen molar-refractivity contribution in [2.45, 2.75) is 6.92 Å². The molecule has 0 aliphatic carbocycles. The molecule has 2 radical (unpaired) electrons. The molecule has 0 rings (SSSR count). The molecule has 0 unspecified atom stereocenters. The van der Waals surface area contributed by atoms with Crippen LogP contribution in [-0.4, -0.2) is 6.54 Å². The zero-order chi connectivity index (χ0) is 2.71. The Hall–Kier alpha value is 0.999. The number of nitrogens with two attached hydrogens (primary N) is 1. The van der Waals surface area contributed by atoms with Gasteiger partial charge >= 0.3 is 0 Å². The molecule has 0 aromatic heterocycles. The third kappa shape index (κ3) is 45.1. The van der Waals surface area contributed by atoms with Crippen LogP contribution in [0.4, 0.5) is 0 Å². The van der Waals surface area contributed by atoms with Gasteiger partial charge in [-0.3, -0.25) is 0 Å². The van der Waals surface area contributed by atoms with Gasteiger partial charge in [-0.05, 0) is 6.54 Å². The van der Waals surface area contributed by atoms with Gasteiger partial charge in [0.15, 0.2) is 0 Å². The molecule has 0 saturated heterocycles. The molecule has 0 aromatic carbocycles. The Morgan fingerprint density at radius 2 is 1.40 bits per heavy atom. The van der Waals surface area contributed by atoms with Crippen LogP contribution in [0.3, 0.4) is 0 Å². The zero-order valence-electron chi connectivity index (χ0n) is 2.89. The molecule has 3 heteroatoms. The first kappa shape index (κ1) is 16.7. The van der Waals surface area contributed by atoms with E-state index in [0.717, 1.165) is 6.54 Å². The number of hydrogen-bond acceptors (Lipinski definition) is 1. The van der Waals surface area contributed by atoms with Crippen LogP contribution < -0.4 is 5.73 Å². The fourth-order valence-electron chi connectivity index (χ4n) is 0. The molecule has 0 amide bonds. The van der Waals surface area contributed by atoms with Gasteiger partial charge in [-0.25, -0.2) is 0 Å². The summed E-state index contributed by atoms with van der Waals surface area (Å²) in [6, 6.07) is 0. The molecule has 0 aliphatic rings. The third-order valence-corrected chi connectivity index (χ3v) is 0. The maximum absolute atomic E-state index is 4.85. The normalized spacial score (nSPS) is 3.60. The van der Waals surface area contributed by atoms with E-state index in [1.165, 1.54) is 0 Å². The minimum Gasteiger partial charge on any atom is -0.331 e. The Bertz CT molecular complexity index is 7.61. The molecule has 0 atom stereocenters. The van der Waals surface area contributed by atoms with Crippen LogP contribution in [0, 0.1) is 0 Å². The topological polar surface area (TPSA) is 26.0 Å². The zero-order valence-corrected chi connectivity index (χ0v) is 4.77. The van der Waals surface area contributed by atoms with Gasteiger partial charge in [-0.2, -0.15) is 0 Å². The molecular weight excluding hydrogens is 165 g/mol. The second-order valence-electron chi connectivity index (χ2n) is 0.408. The van der Waals surface area contributed by atoms with Crippen molar-refractivity contribution in [2.75, 3.05) is 6.54 Å². The van der Waals surface area contributed by atoms with Gasteiger partial charge in [-0.15, -0.1) is 0 Å². The summed E-state index contributed by atoms with van der Waals surface area (Å²) in [5.41, 5.74) is 4.85. The fraction of sp³-hybridized carbons (Fsp3) is 1.00.